The quantitative estimate of drug-likeness (QED) is 0.451. The van der Waals surface area contributed by atoms with Gasteiger partial charge >= 0.3 is 0 Å². The molecule has 0 aliphatic carbocycles. The molecule has 34 heavy (non-hydrogen) atoms. The van der Waals surface area contributed by atoms with E-state index in [0.29, 0.717) is 35.2 Å². The lowest BCUT2D eigenvalue weighted by molar-refractivity contribution is -0.120. The fraction of sp³-hybridized carbons (Fsp3) is 0.240. The summed E-state index contributed by atoms with van der Waals surface area (Å²) in [5, 5.41) is 3.37. The Morgan fingerprint density at radius 3 is 2.15 bits per heavy atom. The second-order valence-electron chi connectivity index (χ2n) is 7.56. The molecule has 1 N–H and O–H groups in total. The van der Waals surface area contributed by atoms with Gasteiger partial charge in [0.05, 0.1) is 31.2 Å². The molecule has 0 aliphatic rings. The van der Waals surface area contributed by atoms with Gasteiger partial charge in [0.1, 0.15) is 0 Å². The highest BCUT2D eigenvalue weighted by molar-refractivity contribution is 7.92. The van der Waals surface area contributed by atoms with Crippen LogP contribution in [0.3, 0.4) is 0 Å². The summed E-state index contributed by atoms with van der Waals surface area (Å²) in [6, 6.07) is 18.5. The topological polar surface area (TPSA) is 84.9 Å². The third-order valence-corrected chi connectivity index (χ3v) is 7.37. The lowest BCUT2D eigenvalue weighted by atomic mass is 10.1. The van der Waals surface area contributed by atoms with Gasteiger partial charge in [-0.25, -0.2) is 8.42 Å². The van der Waals surface area contributed by atoms with E-state index in [4.69, 9.17) is 21.1 Å². The maximum absolute atomic E-state index is 12.8. The summed E-state index contributed by atoms with van der Waals surface area (Å²) in [6.45, 7) is 0.481. The van der Waals surface area contributed by atoms with Crippen molar-refractivity contribution < 1.29 is 22.7 Å². The molecule has 3 aromatic carbocycles. The van der Waals surface area contributed by atoms with Crippen molar-refractivity contribution in [3.05, 3.63) is 82.9 Å². The van der Waals surface area contributed by atoms with Crippen molar-refractivity contribution in [3.63, 3.8) is 0 Å². The first-order chi connectivity index (χ1) is 16.2. The summed E-state index contributed by atoms with van der Waals surface area (Å²) in [7, 11) is 0.939. The summed E-state index contributed by atoms with van der Waals surface area (Å²) in [6.07, 6.45) is 0.845. The minimum Gasteiger partial charge on any atom is -0.493 e. The van der Waals surface area contributed by atoms with Gasteiger partial charge in [0, 0.05) is 18.6 Å². The van der Waals surface area contributed by atoms with E-state index in [1.54, 1.807) is 38.5 Å². The van der Waals surface area contributed by atoms with Gasteiger partial charge in [-0.1, -0.05) is 29.8 Å². The summed E-state index contributed by atoms with van der Waals surface area (Å²) >= 11 is 5.85. The number of halogens is 1. The Morgan fingerprint density at radius 1 is 0.912 bits per heavy atom. The van der Waals surface area contributed by atoms with E-state index in [9.17, 15) is 13.2 Å². The first-order valence-corrected chi connectivity index (χ1v) is 12.4. The number of anilines is 1. The van der Waals surface area contributed by atoms with Gasteiger partial charge in [0.25, 0.3) is 10.0 Å². The van der Waals surface area contributed by atoms with E-state index < -0.39 is 10.0 Å². The SMILES string of the molecule is COc1ccc(CCNC(=O)Cc2ccc(N(C)S(=O)(=O)c3ccc(Cl)cc3)cc2)cc1OC. The van der Waals surface area contributed by atoms with Gasteiger partial charge in [-0.3, -0.25) is 9.10 Å². The largest absolute Gasteiger partial charge is 0.493 e. The van der Waals surface area contributed by atoms with Crippen molar-refractivity contribution in [2.45, 2.75) is 17.7 Å². The Balaban J connectivity index is 1.55. The Kier molecular flexibility index (Phi) is 8.41. The minimum absolute atomic E-state index is 0.115. The molecule has 0 bridgehead atoms. The van der Waals surface area contributed by atoms with E-state index in [1.165, 1.54) is 35.6 Å². The van der Waals surface area contributed by atoms with E-state index in [1.807, 2.05) is 18.2 Å². The number of rotatable bonds is 10. The Labute approximate surface area is 205 Å². The molecule has 3 rings (SSSR count). The van der Waals surface area contributed by atoms with Gasteiger partial charge in [-0.05, 0) is 66.1 Å². The molecule has 0 fully saturated rings. The van der Waals surface area contributed by atoms with Crippen LogP contribution >= 0.6 is 11.6 Å². The average Bonchev–Trinajstić information content (AvgIpc) is 2.84. The molecular weight excluding hydrogens is 476 g/mol. The van der Waals surface area contributed by atoms with Crippen molar-refractivity contribution in [1.82, 2.24) is 5.32 Å². The van der Waals surface area contributed by atoms with Crippen LogP contribution in [0.15, 0.2) is 71.6 Å². The monoisotopic (exact) mass is 502 g/mol. The maximum Gasteiger partial charge on any atom is 0.264 e. The van der Waals surface area contributed by atoms with Crippen LogP contribution in [-0.2, 0) is 27.7 Å². The van der Waals surface area contributed by atoms with Crippen molar-refractivity contribution in [2.24, 2.45) is 0 Å². The molecular formula is C25H27ClN2O5S. The van der Waals surface area contributed by atoms with Gasteiger partial charge in [-0.2, -0.15) is 0 Å². The highest BCUT2D eigenvalue weighted by Crippen LogP contribution is 2.27. The number of ether oxygens (including phenoxy) is 2. The highest BCUT2D eigenvalue weighted by Gasteiger charge is 2.21. The van der Waals surface area contributed by atoms with Crippen LogP contribution in [0.2, 0.25) is 5.02 Å². The van der Waals surface area contributed by atoms with E-state index in [-0.39, 0.29) is 17.2 Å². The second kappa shape index (κ2) is 11.3. The third kappa shape index (κ3) is 6.21. The Morgan fingerprint density at radius 2 is 1.53 bits per heavy atom. The number of hydrogen-bond donors (Lipinski definition) is 1. The van der Waals surface area contributed by atoms with Crippen LogP contribution in [0.25, 0.3) is 0 Å². The summed E-state index contributed by atoms with van der Waals surface area (Å²) in [4.78, 5) is 12.5. The molecule has 7 nitrogen and oxygen atoms in total. The zero-order valence-electron chi connectivity index (χ0n) is 19.2. The first-order valence-electron chi connectivity index (χ1n) is 10.6. The highest BCUT2D eigenvalue weighted by atomic mass is 35.5. The third-order valence-electron chi connectivity index (χ3n) is 5.32. The fourth-order valence-electron chi connectivity index (χ4n) is 3.36. The Bertz CT molecular complexity index is 1230. The van der Waals surface area contributed by atoms with Crippen LogP contribution in [0.1, 0.15) is 11.1 Å². The van der Waals surface area contributed by atoms with Crippen molar-refractivity contribution in [1.29, 1.82) is 0 Å². The average molecular weight is 503 g/mol. The first kappa shape index (κ1) is 25.4. The van der Waals surface area contributed by atoms with Gasteiger partial charge in [0.2, 0.25) is 5.91 Å². The minimum atomic E-state index is -3.71. The number of methoxy groups -OCH3 is 2. The molecule has 0 saturated carbocycles. The normalized spacial score (nSPS) is 11.1. The summed E-state index contributed by atoms with van der Waals surface area (Å²) < 4.78 is 37.4. The van der Waals surface area contributed by atoms with Crippen LogP contribution in [0.5, 0.6) is 11.5 Å². The number of nitrogens with one attached hydrogen (secondary N) is 1. The number of sulfonamides is 1. The van der Waals surface area contributed by atoms with Crippen LogP contribution < -0.4 is 19.1 Å². The lowest BCUT2D eigenvalue weighted by Gasteiger charge is -2.20. The summed E-state index contributed by atoms with van der Waals surface area (Å²) in [5.74, 6) is 1.19. The van der Waals surface area contributed by atoms with Gasteiger partial charge < -0.3 is 14.8 Å². The van der Waals surface area contributed by atoms with E-state index in [0.717, 1.165) is 11.1 Å². The zero-order valence-corrected chi connectivity index (χ0v) is 20.8. The molecule has 0 unspecified atom stereocenters. The number of hydrogen-bond acceptors (Lipinski definition) is 5. The second-order valence-corrected chi connectivity index (χ2v) is 9.96. The number of amides is 1. The van der Waals surface area contributed by atoms with Crippen molar-refractivity contribution >= 4 is 33.2 Å². The molecule has 3 aromatic rings. The number of benzene rings is 3. The molecule has 0 aliphatic heterocycles. The predicted molar refractivity (Wildman–Crippen MR) is 133 cm³/mol. The molecule has 0 saturated heterocycles. The van der Waals surface area contributed by atoms with Crippen LogP contribution in [0, 0.1) is 0 Å². The number of nitrogens with zero attached hydrogens (tertiary/aromatic N) is 1. The van der Waals surface area contributed by atoms with Gasteiger partial charge in [0.15, 0.2) is 11.5 Å². The smallest absolute Gasteiger partial charge is 0.264 e. The van der Waals surface area contributed by atoms with Gasteiger partial charge in [-0.15, -0.1) is 0 Å². The molecule has 0 heterocycles. The van der Waals surface area contributed by atoms with E-state index in [2.05, 4.69) is 5.32 Å². The standard InChI is InChI=1S/C25H27ClN2O5S/c1-28(34(30,31)22-11-7-20(26)8-12-22)21-9-4-18(5-10-21)17-25(29)27-15-14-19-6-13-23(32-2)24(16-19)33-3/h4-13,16H,14-15,17H2,1-3H3,(H,27,29). The molecule has 0 aromatic heterocycles. The number of carbonyl (C=O) groups is 1. The maximum atomic E-state index is 12.8. The van der Waals surface area contributed by atoms with Crippen LogP contribution in [0.4, 0.5) is 5.69 Å². The number of carbonyl (C=O) groups excluding carboxylic acids is 1. The van der Waals surface area contributed by atoms with Crippen molar-refractivity contribution in [2.75, 3.05) is 32.1 Å². The van der Waals surface area contributed by atoms with E-state index >= 15 is 0 Å². The molecule has 0 radical (unpaired) electrons. The molecule has 1 amide bonds. The molecule has 180 valence electrons. The van der Waals surface area contributed by atoms with Crippen molar-refractivity contribution in [3.8, 4) is 11.5 Å². The molecule has 0 spiro atoms. The Hall–Kier alpha value is -3.23. The molecule has 0 atom stereocenters. The summed E-state index contributed by atoms with van der Waals surface area (Å²) in [5.41, 5.74) is 2.30. The predicted octanol–water partition coefficient (Wildman–Crippen LogP) is 4.08. The zero-order chi connectivity index (χ0) is 24.7. The fourth-order valence-corrected chi connectivity index (χ4v) is 4.68. The molecule has 9 heteroatoms. The van der Waals surface area contributed by atoms with Crippen LogP contribution in [-0.4, -0.2) is 42.1 Å². The lowest BCUT2D eigenvalue weighted by Crippen LogP contribution is -2.27.